The van der Waals surface area contributed by atoms with Crippen LogP contribution in [-0.2, 0) is 0 Å². The van der Waals surface area contributed by atoms with Gasteiger partial charge in [-0.25, -0.2) is 0 Å². The van der Waals surface area contributed by atoms with Crippen LogP contribution in [0.2, 0.25) is 5.02 Å². The Hall–Kier alpha value is -1.19. The largest absolute Gasteiger partial charge is 0.397 e. The number of anilines is 3. The summed E-state index contributed by atoms with van der Waals surface area (Å²) in [5.41, 5.74) is 9.38. The lowest BCUT2D eigenvalue weighted by Crippen LogP contribution is -1.98. The Morgan fingerprint density at radius 2 is 2.00 bits per heavy atom. The zero-order valence-electron chi connectivity index (χ0n) is 9.30. The Balaban J connectivity index is 2.41. The average molecular weight is 312 g/mol. The standard InChI is InChI=1S/C13H12BrClN2/c1-8-5-6-9(14)12(7-8)17-13-10(15)3-2-4-11(13)16/h2-7,17H,16H2,1H3. The van der Waals surface area contributed by atoms with E-state index in [4.69, 9.17) is 17.3 Å². The van der Waals surface area contributed by atoms with Crippen molar-refractivity contribution in [1.29, 1.82) is 0 Å². The van der Waals surface area contributed by atoms with Crippen molar-refractivity contribution in [2.24, 2.45) is 0 Å². The van der Waals surface area contributed by atoms with E-state index in [1.807, 2.05) is 43.3 Å². The number of rotatable bonds is 2. The maximum absolute atomic E-state index is 6.11. The number of para-hydroxylation sites is 1. The minimum absolute atomic E-state index is 0.610. The monoisotopic (exact) mass is 310 g/mol. The zero-order valence-corrected chi connectivity index (χ0v) is 11.6. The molecule has 2 aromatic rings. The average Bonchev–Trinajstić information content (AvgIpc) is 2.28. The Labute approximate surface area is 114 Å². The Bertz CT molecular complexity index is 535. The first-order chi connectivity index (χ1) is 8.08. The van der Waals surface area contributed by atoms with Crippen molar-refractivity contribution >= 4 is 44.6 Å². The molecule has 0 fully saturated rings. The summed E-state index contributed by atoms with van der Waals surface area (Å²) in [6.45, 7) is 2.04. The molecule has 2 aromatic carbocycles. The highest BCUT2D eigenvalue weighted by atomic mass is 79.9. The molecule has 0 saturated carbocycles. The molecule has 0 spiro atoms. The number of nitrogens with one attached hydrogen (secondary N) is 1. The van der Waals surface area contributed by atoms with Gasteiger partial charge in [0.25, 0.3) is 0 Å². The summed E-state index contributed by atoms with van der Waals surface area (Å²) >= 11 is 9.60. The predicted octanol–water partition coefficient (Wildman–Crippen LogP) is 4.74. The molecule has 2 rings (SSSR count). The van der Waals surface area contributed by atoms with Crippen LogP contribution in [0.4, 0.5) is 17.1 Å². The van der Waals surface area contributed by atoms with E-state index in [1.165, 1.54) is 5.56 Å². The van der Waals surface area contributed by atoms with Gasteiger partial charge < -0.3 is 11.1 Å². The molecule has 0 unspecified atom stereocenters. The summed E-state index contributed by atoms with van der Waals surface area (Å²) in [4.78, 5) is 0. The van der Waals surface area contributed by atoms with Gasteiger partial charge in [-0.1, -0.05) is 23.7 Å². The highest BCUT2D eigenvalue weighted by molar-refractivity contribution is 9.10. The molecule has 0 heterocycles. The number of aryl methyl sites for hydroxylation is 1. The fourth-order valence-corrected chi connectivity index (χ4v) is 2.12. The molecule has 4 heteroatoms. The SMILES string of the molecule is Cc1ccc(Br)c(Nc2c(N)cccc2Cl)c1. The number of halogens is 2. The molecule has 0 aromatic heterocycles. The van der Waals surface area contributed by atoms with Crippen molar-refractivity contribution in [3.63, 3.8) is 0 Å². The van der Waals surface area contributed by atoms with E-state index < -0.39 is 0 Å². The maximum Gasteiger partial charge on any atom is 0.0807 e. The van der Waals surface area contributed by atoms with Crippen LogP contribution in [0.3, 0.4) is 0 Å². The van der Waals surface area contributed by atoms with Crippen molar-refractivity contribution in [2.75, 3.05) is 11.1 Å². The minimum atomic E-state index is 0.610. The Morgan fingerprint density at radius 3 is 2.71 bits per heavy atom. The molecule has 2 nitrogen and oxygen atoms in total. The smallest absolute Gasteiger partial charge is 0.0807 e. The van der Waals surface area contributed by atoms with Gasteiger partial charge in [0.15, 0.2) is 0 Å². The van der Waals surface area contributed by atoms with Gasteiger partial charge in [0.1, 0.15) is 0 Å². The third kappa shape index (κ3) is 2.73. The van der Waals surface area contributed by atoms with Crippen molar-refractivity contribution in [2.45, 2.75) is 6.92 Å². The van der Waals surface area contributed by atoms with Crippen LogP contribution >= 0.6 is 27.5 Å². The van der Waals surface area contributed by atoms with Crippen LogP contribution in [0, 0.1) is 6.92 Å². The fourth-order valence-electron chi connectivity index (χ4n) is 1.54. The second-order valence-corrected chi connectivity index (χ2v) is 5.07. The maximum atomic E-state index is 6.11. The molecule has 0 saturated heterocycles. The molecule has 0 aliphatic rings. The van der Waals surface area contributed by atoms with Crippen LogP contribution in [0.5, 0.6) is 0 Å². The topological polar surface area (TPSA) is 38.0 Å². The molecule has 0 amide bonds. The summed E-state index contributed by atoms with van der Waals surface area (Å²) in [6.07, 6.45) is 0. The molecule has 0 bridgehead atoms. The van der Waals surface area contributed by atoms with E-state index in [9.17, 15) is 0 Å². The second-order valence-electron chi connectivity index (χ2n) is 3.81. The van der Waals surface area contributed by atoms with Crippen LogP contribution in [0.15, 0.2) is 40.9 Å². The lowest BCUT2D eigenvalue weighted by molar-refractivity contribution is 1.43. The highest BCUT2D eigenvalue weighted by Gasteiger charge is 2.07. The summed E-state index contributed by atoms with van der Waals surface area (Å²) in [7, 11) is 0. The van der Waals surface area contributed by atoms with Gasteiger partial charge in [0, 0.05) is 4.47 Å². The molecule has 3 N–H and O–H groups in total. The third-order valence-electron chi connectivity index (χ3n) is 2.43. The number of nitrogens with two attached hydrogens (primary N) is 1. The van der Waals surface area contributed by atoms with Gasteiger partial charge >= 0.3 is 0 Å². The van der Waals surface area contributed by atoms with Gasteiger partial charge in [0.2, 0.25) is 0 Å². The van der Waals surface area contributed by atoms with E-state index >= 15 is 0 Å². The highest BCUT2D eigenvalue weighted by Crippen LogP contribution is 2.34. The molecule has 0 atom stereocenters. The van der Waals surface area contributed by atoms with E-state index in [2.05, 4.69) is 21.2 Å². The van der Waals surface area contributed by atoms with E-state index in [0.29, 0.717) is 10.7 Å². The first-order valence-corrected chi connectivity index (χ1v) is 6.32. The fraction of sp³-hybridized carbons (Fsp3) is 0.0769. The van der Waals surface area contributed by atoms with Crippen molar-refractivity contribution in [1.82, 2.24) is 0 Å². The van der Waals surface area contributed by atoms with Crippen LogP contribution in [0.1, 0.15) is 5.56 Å². The van der Waals surface area contributed by atoms with Crippen LogP contribution in [0.25, 0.3) is 0 Å². The molecular formula is C13H12BrClN2. The Morgan fingerprint density at radius 1 is 1.24 bits per heavy atom. The van der Waals surface area contributed by atoms with Crippen molar-refractivity contribution in [3.8, 4) is 0 Å². The van der Waals surface area contributed by atoms with Crippen molar-refractivity contribution < 1.29 is 0 Å². The van der Waals surface area contributed by atoms with Crippen molar-refractivity contribution in [3.05, 3.63) is 51.5 Å². The third-order valence-corrected chi connectivity index (χ3v) is 3.43. The number of benzene rings is 2. The first kappa shape index (κ1) is 12.3. The quantitative estimate of drug-likeness (QED) is 0.786. The molecule has 0 aliphatic carbocycles. The van der Waals surface area contributed by atoms with Crippen LogP contribution < -0.4 is 11.1 Å². The summed E-state index contributed by atoms with van der Waals surface area (Å²) in [6, 6.07) is 11.5. The first-order valence-electron chi connectivity index (χ1n) is 5.15. The molecule has 0 aliphatic heterocycles. The van der Waals surface area contributed by atoms with Gasteiger partial charge in [-0.3, -0.25) is 0 Å². The second kappa shape index (κ2) is 4.98. The predicted molar refractivity (Wildman–Crippen MR) is 78.0 cm³/mol. The molecule has 17 heavy (non-hydrogen) atoms. The lowest BCUT2D eigenvalue weighted by atomic mass is 10.2. The normalized spacial score (nSPS) is 10.3. The summed E-state index contributed by atoms with van der Waals surface area (Å²) in [5, 5.41) is 3.86. The van der Waals surface area contributed by atoms with Gasteiger partial charge in [-0.15, -0.1) is 0 Å². The Kier molecular flexibility index (Phi) is 3.60. The van der Waals surface area contributed by atoms with Gasteiger partial charge in [-0.05, 0) is 52.7 Å². The minimum Gasteiger partial charge on any atom is -0.397 e. The van der Waals surface area contributed by atoms with Gasteiger partial charge in [0.05, 0.1) is 22.1 Å². The molecular weight excluding hydrogens is 300 g/mol. The summed E-state index contributed by atoms with van der Waals surface area (Å²) in [5.74, 6) is 0. The van der Waals surface area contributed by atoms with E-state index in [0.717, 1.165) is 15.8 Å². The lowest BCUT2D eigenvalue weighted by Gasteiger charge is -2.13. The van der Waals surface area contributed by atoms with Gasteiger partial charge in [-0.2, -0.15) is 0 Å². The molecule has 88 valence electrons. The number of nitrogen functional groups attached to an aromatic ring is 1. The number of hydrogen-bond acceptors (Lipinski definition) is 2. The zero-order chi connectivity index (χ0) is 12.4. The number of hydrogen-bond donors (Lipinski definition) is 2. The van der Waals surface area contributed by atoms with E-state index in [-0.39, 0.29) is 0 Å². The summed E-state index contributed by atoms with van der Waals surface area (Å²) < 4.78 is 0.974. The van der Waals surface area contributed by atoms with E-state index in [1.54, 1.807) is 0 Å². The van der Waals surface area contributed by atoms with Crippen LogP contribution in [-0.4, -0.2) is 0 Å². The molecule has 0 radical (unpaired) electrons.